The van der Waals surface area contributed by atoms with Crippen LogP contribution in [-0.2, 0) is 10.0 Å². The Morgan fingerprint density at radius 2 is 1.65 bits per heavy atom. The first-order valence-corrected chi connectivity index (χ1v) is 11.7. The molecule has 3 fully saturated rings. The molecule has 6 rings (SSSR count). The fourth-order valence-electron chi connectivity index (χ4n) is 4.69. The number of hydrogen-bond donors (Lipinski definition) is 1. The van der Waals surface area contributed by atoms with E-state index in [4.69, 9.17) is 4.74 Å². The second-order valence-electron chi connectivity index (χ2n) is 8.01. The average Bonchev–Trinajstić information content (AvgIpc) is 2.79. The number of rotatable bonds is 5. The maximum atomic E-state index is 13.5. The first-order valence-electron chi connectivity index (χ1n) is 10.2. The fourth-order valence-corrected chi connectivity index (χ4v) is 6.34. The van der Waals surface area contributed by atoms with Gasteiger partial charge < -0.3 is 10.1 Å². The molecule has 2 bridgehead atoms. The molecule has 1 N–H and O–H groups in total. The zero-order chi connectivity index (χ0) is 21.6. The van der Waals surface area contributed by atoms with Gasteiger partial charge in [-0.05, 0) is 41.0 Å². The fraction of sp³-hybridized carbons (Fsp3) is 0.250. The summed E-state index contributed by atoms with van der Waals surface area (Å²) in [5.74, 6) is 0.362. The summed E-state index contributed by atoms with van der Waals surface area (Å²) in [6.07, 6.45) is 0. The number of fused-ring (bicyclic) bond motifs is 2. The van der Waals surface area contributed by atoms with Gasteiger partial charge in [0.2, 0.25) is 10.0 Å². The molecule has 3 aromatic rings. The van der Waals surface area contributed by atoms with E-state index in [1.807, 2.05) is 18.2 Å². The number of nitrogens with zero attached hydrogens (tertiary/aromatic N) is 1. The van der Waals surface area contributed by atoms with Crippen LogP contribution in [0.3, 0.4) is 0 Å². The number of sulfonamides is 1. The van der Waals surface area contributed by atoms with Crippen molar-refractivity contribution >= 4 is 10.0 Å². The standard InChI is InChI=1S/C24H23FN2O3S/c1-30-22-7-2-3-8-23(22)31(28,29)27-14-20-24(21(15-27)26-20)17-11-9-16(10-12-17)18-5-4-6-19(25)13-18/h2-13,20-21,24,26H,14-15H2,1H3/t20-,21+,24?. The molecule has 5 nitrogen and oxygen atoms in total. The molecule has 0 spiro atoms. The molecule has 31 heavy (non-hydrogen) atoms. The Morgan fingerprint density at radius 1 is 0.935 bits per heavy atom. The van der Waals surface area contributed by atoms with E-state index in [0.29, 0.717) is 18.8 Å². The number of benzene rings is 3. The van der Waals surface area contributed by atoms with Crippen molar-refractivity contribution in [2.75, 3.05) is 20.2 Å². The first-order chi connectivity index (χ1) is 15.0. The summed E-state index contributed by atoms with van der Waals surface area (Å²) >= 11 is 0. The molecule has 0 aromatic heterocycles. The Morgan fingerprint density at radius 3 is 2.32 bits per heavy atom. The van der Waals surface area contributed by atoms with Crippen LogP contribution >= 0.6 is 0 Å². The Bertz CT molecular complexity index is 1200. The van der Waals surface area contributed by atoms with Crippen molar-refractivity contribution in [3.05, 3.63) is 84.2 Å². The van der Waals surface area contributed by atoms with Crippen LogP contribution < -0.4 is 10.1 Å². The predicted octanol–water partition coefficient (Wildman–Crippen LogP) is 3.63. The lowest BCUT2D eigenvalue weighted by Gasteiger charge is -2.54. The molecule has 0 aliphatic carbocycles. The number of methoxy groups -OCH3 is 1. The van der Waals surface area contributed by atoms with E-state index < -0.39 is 10.0 Å². The van der Waals surface area contributed by atoms with E-state index in [0.717, 1.165) is 11.1 Å². The van der Waals surface area contributed by atoms with Crippen molar-refractivity contribution in [2.24, 2.45) is 0 Å². The highest BCUT2D eigenvalue weighted by molar-refractivity contribution is 7.89. The Labute approximate surface area is 181 Å². The van der Waals surface area contributed by atoms with Crippen LogP contribution in [0.25, 0.3) is 11.1 Å². The van der Waals surface area contributed by atoms with E-state index >= 15 is 0 Å². The SMILES string of the molecule is COc1ccccc1S(=O)(=O)N1C[C@@H]2N[C@H](C1)C2c1ccc(-c2cccc(F)c2)cc1. The molecular formula is C24H23FN2O3S. The lowest BCUT2D eigenvalue weighted by atomic mass is 9.75. The van der Waals surface area contributed by atoms with Crippen molar-refractivity contribution in [3.8, 4) is 16.9 Å². The van der Waals surface area contributed by atoms with Gasteiger partial charge in [0.1, 0.15) is 16.5 Å². The lowest BCUT2D eigenvalue weighted by Crippen LogP contribution is -2.72. The molecule has 160 valence electrons. The Kier molecular flexibility index (Phi) is 5.04. The van der Waals surface area contributed by atoms with Gasteiger partial charge in [-0.3, -0.25) is 0 Å². The second kappa shape index (κ2) is 7.75. The van der Waals surface area contributed by atoms with Gasteiger partial charge in [0.25, 0.3) is 0 Å². The van der Waals surface area contributed by atoms with Gasteiger partial charge in [0, 0.05) is 31.1 Å². The maximum absolute atomic E-state index is 13.5. The zero-order valence-electron chi connectivity index (χ0n) is 17.0. The van der Waals surface area contributed by atoms with Gasteiger partial charge >= 0.3 is 0 Å². The van der Waals surface area contributed by atoms with Gasteiger partial charge in [-0.25, -0.2) is 12.8 Å². The Balaban J connectivity index is 1.34. The number of piperazine rings is 1. The van der Waals surface area contributed by atoms with E-state index in [9.17, 15) is 12.8 Å². The van der Waals surface area contributed by atoms with Crippen LogP contribution in [0.4, 0.5) is 4.39 Å². The topological polar surface area (TPSA) is 58.6 Å². The van der Waals surface area contributed by atoms with Gasteiger partial charge in [-0.15, -0.1) is 0 Å². The zero-order valence-corrected chi connectivity index (χ0v) is 17.8. The molecule has 7 heteroatoms. The van der Waals surface area contributed by atoms with Crippen LogP contribution in [0, 0.1) is 5.82 Å². The summed E-state index contributed by atoms with van der Waals surface area (Å²) in [6, 6.07) is 21.5. The van der Waals surface area contributed by atoms with Crippen LogP contribution in [0.1, 0.15) is 11.5 Å². The molecule has 0 radical (unpaired) electrons. The molecule has 3 atom stereocenters. The first kappa shape index (κ1) is 20.2. The van der Waals surface area contributed by atoms with E-state index in [2.05, 4.69) is 17.4 Å². The monoisotopic (exact) mass is 438 g/mol. The summed E-state index contributed by atoms with van der Waals surface area (Å²) in [5, 5.41) is 3.48. The van der Waals surface area contributed by atoms with Crippen molar-refractivity contribution in [1.82, 2.24) is 9.62 Å². The third-order valence-electron chi connectivity index (χ3n) is 6.24. The van der Waals surface area contributed by atoms with Gasteiger partial charge in [0.05, 0.1) is 7.11 Å². The number of hydrogen-bond acceptors (Lipinski definition) is 4. The van der Waals surface area contributed by atoms with Crippen LogP contribution in [0.5, 0.6) is 5.75 Å². The predicted molar refractivity (Wildman–Crippen MR) is 117 cm³/mol. The second-order valence-corrected chi connectivity index (χ2v) is 9.92. The Hall–Kier alpha value is -2.74. The highest BCUT2D eigenvalue weighted by atomic mass is 32.2. The summed E-state index contributed by atoms with van der Waals surface area (Å²) in [7, 11) is -2.15. The van der Waals surface area contributed by atoms with Crippen LogP contribution in [-0.4, -0.2) is 45.0 Å². The summed E-state index contributed by atoms with van der Waals surface area (Å²) in [4.78, 5) is 0.204. The largest absolute Gasteiger partial charge is 0.495 e. The smallest absolute Gasteiger partial charge is 0.246 e. The van der Waals surface area contributed by atoms with Crippen LogP contribution in [0.2, 0.25) is 0 Å². The molecule has 3 aliphatic heterocycles. The van der Waals surface area contributed by atoms with E-state index in [1.165, 1.54) is 24.8 Å². The van der Waals surface area contributed by atoms with Crippen molar-refractivity contribution < 1.29 is 17.5 Å². The number of halogens is 1. The third-order valence-corrected chi connectivity index (χ3v) is 8.11. The molecule has 3 saturated heterocycles. The van der Waals surface area contributed by atoms with Crippen molar-refractivity contribution in [1.29, 1.82) is 0 Å². The average molecular weight is 439 g/mol. The lowest BCUT2D eigenvalue weighted by molar-refractivity contribution is 0.101. The summed E-state index contributed by atoms with van der Waals surface area (Å²) < 4.78 is 46.7. The molecule has 0 saturated carbocycles. The van der Waals surface area contributed by atoms with Gasteiger partial charge in [-0.1, -0.05) is 48.5 Å². The molecule has 3 aromatic carbocycles. The van der Waals surface area contributed by atoms with Crippen LogP contribution in [0.15, 0.2) is 77.7 Å². The minimum absolute atomic E-state index is 0.0586. The molecule has 3 aliphatic rings. The summed E-state index contributed by atoms with van der Waals surface area (Å²) in [6.45, 7) is 0.820. The molecule has 0 amide bonds. The maximum Gasteiger partial charge on any atom is 0.246 e. The highest BCUT2D eigenvalue weighted by Crippen LogP contribution is 2.40. The number of piperidine rings is 1. The number of nitrogens with one attached hydrogen (secondary N) is 1. The molecule has 3 heterocycles. The quantitative estimate of drug-likeness (QED) is 0.661. The summed E-state index contributed by atoms with van der Waals surface area (Å²) in [5.41, 5.74) is 2.97. The van der Waals surface area contributed by atoms with Crippen molar-refractivity contribution in [2.45, 2.75) is 22.9 Å². The van der Waals surface area contributed by atoms with E-state index in [-0.39, 0.29) is 28.7 Å². The molecule has 1 unspecified atom stereocenters. The minimum Gasteiger partial charge on any atom is -0.495 e. The normalized spacial score (nSPS) is 23.2. The third kappa shape index (κ3) is 3.52. The van der Waals surface area contributed by atoms with Gasteiger partial charge in [0.15, 0.2) is 0 Å². The highest BCUT2D eigenvalue weighted by Gasteiger charge is 2.50. The van der Waals surface area contributed by atoms with Gasteiger partial charge in [-0.2, -0.15) is 4.31 Å². The van der Waals surface area contributed by atoms with E-state index in [1.54, 1.807) is 34.6 Å². The number of ether oxygens (including phenoxy) is 1. The number of para-hydroxylation sites is 1. The molecular weight excluding hydrogens is 415 g/mol. The van der Waals surface area contributed by atoms with Crippen molar-refractivity contribution in [3.63, 3.8) is 0 Å². The minimum atomic E-state index is -3.63.